The summed E-state index contributed by atoms with van der Waals surface area (Å²) in [6, 6.07) is 7.05. The van der Waals surface area contributed by atoms with Crippen LogP contribution >= 0.6 is 23.5 Å². The molecule has 0 radical (unpaired) electrons. The number of nitrogens with two attached hydrogens (primary N) is 1. The Balaban J connectivity index is 2.06. The Labute approximate surface area is 118 Å². The van der Waals surface area contributed by atoms with Crippen LogP contribution in [-0.2, 0) is 6.42 Å². The molecule has 1 aliphatic rings. The summed E-state index contributed by atoms with van der Waals surface area (Å²) in [4.78, 5) is 0. The Morgan fingerprint density at radius 2 is 2.22 bits per heavy atom. The van der Waals surface area contributed by atoms with E-state index in [0.29, 0.717) is 11.3 Å². The largest absolute Gasteiger partial charge is 0.271 e. The lowest BCUT2D eigenvalue weighted by atomic mass is 9.98. The zero-order chi connectivity index (χ0) is 13.0. The van der Waals surface area contributed by atoms with Gasteiger partial charge in [-0.2, -0.15) is 23.5 Å². The van der Waals surface area contributed by atoms with Crippen molar-refractivity contribution >= 4 is 23.5 Å². The first-order valence-corrected chi connectivity index (χ1v) is 8.62. The Kier molecular flexibility index (Phi) is 5.42. The number of thioether (sulfide) groups is 2. The molecule has 4 heteroatoms. The molecule has 3 N–H and O–H groups in total. The molecule has 1 aliphatic heterocycles. The first-order chi connectivity index (χ1) is 8.70. The van der Waals surface area contributed by atoms with E-state index in [2.05, 4.69) is 49.2 Å². The lowest BCUT2D eigenvalue weighted by molar-refractivity contribution is 0.522. The van der Waals surface area contributed by atoms with Gasteiger partial charge >= 0.3 is 0 Å². The second-order valence-electron chi connectivity index (χ2n) is 4.89. The molecule has 2 atom stereocenters. The van der Waals surface area contributed by atoms with Gasteiger partial charge in [0.2, 0.25) is 0 Å². The number of benzene rings is 1. The molecule has 1 aromatic rings. The molecule has 100 valence electrons. The number of hydrogen-bond acceptors (Lipinski definition) is 4. The van der Waals surface area contributed by atoms with E-state index >= 15 is 0 Å². The van der Waals surface area contributed by atoms with Crippen molar-refractivity contribution in [3.05, 3.63) is 34.9 Å². The summed E-state index contributed by atoms with van der Waals surface area (Å²) in [7, 11) is 0. The van der Waals surface area contributed by atoms with Gasteiger partial charge in [0, 0.05) is 28.6 Å². The molecule has 0 amide bonds. The maximum Gasteiger partial charge on any atom is 0.0377 e. The van der Waals surface area contributed by atoms with Gasteiger partial charge in [0.25, 0.3) is 0 Å². The highest BCUT2D eigenvalue weighted by molar-refractivity contribution is 8.06. The molecular formula is C14H22N2S2. The second-order valence-corrected chi connectivity index (χ2v) is 7.39. The standard InChI is InChI=1S/C14H22N2S2/c1-10-3-4-11(2)12(7-10)8-13(16-15)14-9-17-5-6-18-14/h3-4,7,13-14,16H,5-6,8-9,15H2,1-2H3. The molecule has 18 heavy (non-hydrogen) atoms. The lowest BCUT2D eigenvalue weighted by Crippen LogP contribution is -2.46. The van der Waals surface area contributed by atoms with Crippen molar-refractivity contribution in [3.63, 3.8) is 0 Å². The Hall–Kier alpha value is -0.160. The Morgan fingerprint density at radius 3 is 2.89 bits per heavy atom. The van der Waals surface area contributed by atoms with Gasteiger partial charge in [-0.05, 0) is 31.4 Å². The summed E-state index contributed by atoms with van der Waals surface area (Å²) in [5.41, 5.74) is 7.16. The highest BCUT2D eigenvalue weighted by Crippen LogP contribution is 2.28. The molecule has 1 aromatic carbocycles. The van der Waals surface area contributed by atoms with Crippen LogP contribution in [0.4, 0.5) is 0 Å². The van der Waals surface area contributed by atoms with E-state index in [-0.39, 0.29) is 0 Å². The first-order valence-electron chi connectivity index (χ1n) is 6.42. The van der Waals surface area contributed by atoms with Crippen molar-refractivity contribution in [1.29, 1.82) is 0 Å². The van der Waals surface area contributed by atoms with E-state index in [4.69, 9.17) is 5.84 Å². The van der Waals surface area contributed by atoms with Crippen LogP contribution in [-0.4, -0.2) is 28.6 Å². The quantitative estimate of drug-likeness (QED) is 0.657. The second kappa shape index (κ2) is 6.85. The minimum absolute atomic E-state index is 0.378. The summed E-state index contributed by atoms with van der Waals surface area (Å²) in [5.74, 6) is 9.51. The monoisotopic (exact) mass is 282 g/mol. The van der Waals surface area contributed by atoms with Crippen molar-refractivity contribution in [2.45, 2.75) is 31.6 Å². The molecule has 1 saturated heterocycles. The van der Waals surface area contributed by atoms with E-state index in [0.717, 1.165) is 6.42 Å². The summed E-state index contributed by atoms with van der Waals surface area (Å²) in [6.45, 7) is 4.34. The molecule has 1 heterocycles. The summed E-state index contributed by atoms with van der Waals surface area (Å²) in [6.07, 6.45) is 1.03. The van der Waals surface area contributed by atoms with Gasteiger partial charge in [-0.15, -0.1) is 0 Å². The summed E-state index contributed by atoms with van der Waals surface area (Å²) >= 11 is 4.11. The fourth-order valence-electron chi connectivity index (χ4n) is 2.29. The highest BCUT2D eigenvalue weighted by Gasteiger charge is 2.24. The zero-order valence-corrected chi connectivity index (χ0v) is 12.7. The molecular weight excluding hydrogens is 260 g/mol. The van der Waals surface area contributed by atoms with Crippen LogP contribution in [0.25, 0.3) is 0 Å². The Morgan fingerprint density at radius 1 is 1.39 bits per heavy atom. The average Bonchev–Trinajstić information content (AvgIpc) is 2.41. The number of hydrazine groups is 1. The van der Waals surface area contributed by atoms with Crippen molar-refractivity contribution in [2.75, 3.05) is 17.3 Å². The van der Waals surface area contributed by atoms with Gasteiger partial charge < -0.3 is 0 Å². The van der Waals surface area contributed by atoms with E-state index < -0.39 is 0 Å². The fourth-order valence-corrected chi connectivity index (χ4v) is 5.16. The van der Waals surface area contributed by atoms with Gasteiger partial charge in [0.1, 0.15) is 0 Å². The fraction of sp³-hybridized carbons (Fsp3) is 0.571. The highest BCUT2D eigenvalue weighted by atomic mass is 32.2. The predicted molar refractivity (Wildman–Crippen MR) is 84.3 cm³/mol. The summed E-state index contributed by atoms with van der Waals surface area (Å²) in [5, 5.41) is 0.633. The Bertz CT molecular complexity index is 389. The maximum atomic E-state index is 5.77. The zero-order valence-electron chi connectivity index (χ0n) is 11.1. The van der Waals surface area contributed by atoms with Gasteiger partial charge in [0.15, 0.2) is 0 Å². The molecule has 0 saturated carbocycles. The normalized spacial score (nSPS) is 21.8. The SMILES string of the molecule is Cc1ccc(C)c(CC(NN)C2CSCCS2)c1. The van der Waals surface area contributed by atoms with E-state index in [1.54, 1.807) is 0 Å². The van der Waals surface area contributed by atoms with E-state index in [1.807, 2.05) is 11.8 Å². The third-order valence-corrected chi connectivity index (χ3v) is 6.37. The van der Waals surface area contributed by atoms with E-state index in [1.165, 1.54) is 33.9 Å². The van der Waals surface area contributed by atoms with Crippen LogP contribution < -0.4 is 11.3 Å². The van der Waals surface area contributed by atoms with E-state index in [9.17, 15) is 0 Å². The van der Waals surface area contributed by atoms with Gasteiger partial charge in [0.05, 0.1) is 0 Å². The van der Waals surface area contributed by atoms with Gasteiger partial charge in [-0.3, -0.25) is 11.3 Å². The lowest BCUT2D eigenvalue weighted by Gasteiger charge is -2.29. The minimum Gasteiger partial charge on any atom is -0.271 e. The van der Waals surface area contributed by atoms with Crippen LogP contribution in [0.15, 0.2) is 18.2 Å². The van der Waals surface area contributed by atoms with Gasteiger partial charge in [-0.25, -0.2) is 0 Å². The molecule has 0 aromatic heterocycles. The van der Waals surface area contributed by atoms with Crippen LogP contribution in [0.3, 0.4) is 0 Å². The van der Waals surface area contributed by atoms with Crippen LogP contribution in [0, 0.1) is 13.8 Å². The van der Waals surface area contributed by atoms with Crippen molar-refractivity contribution in [2.24, 2.45) is 5.84 Å². The molecule has 2 unspecified atom stereocenters. The van der Waals surface area contributed by atoms with Crippen LogP contribution in [0.1, 0.15) is 16.7 Å². The molecule has 0 spiro atoms. The molecule has 0 bridgehead atoms. The number of rotatable bonds is 4. The molecule has 1 fully saturated rings. The number of hydrogen-bond donors (Lipinski definition) is 2. The maximum absolute atomic E-state index is 5.77. The third-order valence-electron chi connectivity index (χ3n) is 3.45. The van der Waals surface area contributed by atoms with Gasteiger partial charge in [-0.1, -0.05) is 23.8 Å². The van der Waals surface area contributed by atoms with Crippen molar-refractivity contribution in [1.82, 2.24) is 5.43 Å². The average molecular weight is 282 g/mol. The molecule has 0 aliphatic carbocycles. The molecule has 2 nitrogen and oxygen atoms in total. The van der Waals surface area contributed by atoms with Crippen molar-refractivity contribution in [3.8, 4) is 0 Å². The number of nitrogens with one attached hydrogen (secondary N) is 1. The topological polar surface area (TPSA) is 38.0 Å². The molecule has 2 rings (SSSR count). The minimum atomic E-state index is 0.378. The summed E-state index contributed by atoms with van der Waals surface area (Å²) < 4.78 is 0. The smallest absolute Gasteiger partial charge is 0.0377 e. The first kappa shape index (κ1) is 14.3. The number of aryl methyl sites for hydroxylation is 2. The van der Waals surface area contributed by atoms with Crippen LogP contribution in [0.5, 0.6) is 0 Å². The van der Waals surface area contributed by atoms with Crippen molar-refractivity contribution < 1.29 is 0 Å². The predicted octanol–water partition coefficient (Wildman–Crippen LogP) is 2.53. The van der Waals surface area contributed by atoms with Crippen LogP contribution in [0.2, 0.25) is 0 Å². The third kappa shape index (κ3) is 3.67.